The molecule has 0 spiro atoms. The van der Waals surface area contributed by atoms with Gasteiger partial charge in [-0.15, -0.1) is 19.7 Å². The summed E-state index contributed by atoms with van der Waals surface area (Å²) in [5.74, 6) is 0.221. The first-order valence-electron chi connectivity index (χ1n) is 16.5. The van der Waals surface area contributed by atoms with Crippen molar-refractivity contribution in [2.24, 2.45) is 0 Å². The summed E-state index contributed by atoms with van der Waals surface area (Å²) in [7, 11) is 0. The molecule has 3 aromatic rings. The number of rotatable bonds is 20. The molecule has 1 aliphatic heterocycles. The van der Waals surface area contributed by atoms with E-state index in [0.29, 0.717) is 43.3 Å². The van der Waals surface area contributed by atoms with E-state index >= 15 is 0 Å². The maximum absolute atomic E-state index is 13.6. The fourth-order valence-electron chi connectivity index (χ4n) is 6.34. The molecule has 0 aliphatic carbocycles. The van der Waals surface area contributed by atoms with Crippen molar-refractivity contribution in [2.75, 3.05) is 39.5 Å². The third kappa shape index (κ3) is 7.77. The highest BCUT2D eigenvalue weighted by Gasteiger charge is 2.52. The van der Waals surface area contributed by atoms with E-state index < -0.39 is 11.6 Å². The Morgan fingerprint density at radius 1 is 1.04 bits per heavy atom. The molecular formula is C39H49N3O5. The van der Waals surface area contributed by atoms with Crippen LogP contribution in [0.2, 0.25) is 0 Å². The predicted octanol–water partition coefficient (Wildman–Crippen LogP) is 7.64. The van der Waals surface area contributed by atoms with Gasteiger partial charge in [-0.25, -0.2) is 4.79 Å². The number of para-hydroxylation sites is 1. The Hall–Kier alpha value is -4.40. The summed E-state index contributed by atoms with van der Waals surface area (Å²) in [6.45, 7) is 23.6. The number of esters is 1. The summed E-state index contributed by atoms with van der Waals surface area (Å²) >= 11 is 0. The number of likely N-dealkylation sites (N-methyl/N-ethyl adjacent to an activating group) is 1. The SMILES string of the molecule is C=CC/C=C(\C=C(/CC1(c2c(C)n(CC)c3ccccc23)OC(=O)c2cccnc21)OCC(COCC=C)OCC=C)N(CC)CC. The zero-order valence-corrected chi connectivity index (χ0v) is 28.4. The van der Waals surface area contributed by atoms with Crippen LogP contribution in [0.3, 0.4) is 0 Å². The number of carbonyl (C=O) groups excluding carboxylic acids is 1. The van der Waals surface area contributed by atoms with Gasteiger partial charge in [0, 0.05) is 53.7 Å². The van der Waals surface area contributed by atoms with Gasteiger partial charge in [0.25, 0.3) is 0 Å². The molecule has 1 aromatic carbocycles. The molecule has 2 atom stereocenters. The number of carbonyl (C=O) groups is 1. The Labute approximate surface area is 279 Å². The molecule has 0 bridgehead atoms. The molecule has 0 saturated carbocycles. The number of ether oxygens (including phenoxy) is 4. The number of nitrogens with zero attached hydrogens (tertiary/aromatic N) is 3. The molecule has 0 fully saturated rings. The quantitative estimate of drug-likeness (QED) is 0.0414. The lowest BCUT2D eigenvalue weighted by atomic mass is 9.83. The first-order chi connectivity index (χ1) is 22.9. The molecule has 47 heavy (non-hydrogen) atoms. The van der Waals surface area contributed by atoms with Gasteiger partial charge in [0.2, 0.25) is 0 Å². The maximum atomic E-state index is 13.6. The Morgan fingerprint density at radius 3 is 2.51 bits per heavy atom. The second kappa shape index (κ2) is 17.0. The van der Waals surface area contributed by atoms with Gasteiger partial charge in [0.1, 0.15) is 24.2 Å². The van der Waals surface area contributed by atoms with Crippen molar-refractivity contribution < 1.29 is 23.7 Å². The van der Waals surface area contributed by atoms with Gasteiger partial charge in [0.05, 0.1) is 31.8 Å². The first-order valence-corrected chi connectivity index (χ1v) is 16.5. The van der Waals surface area contributed by atoms with Crippen LogP contribution < -0.4 is 0 Å². The monoisotopic (exact) mass is 639 g/mol. The number of cyclic esters (lactones) is 1. The van der Waals surface area contributed by atoms with E-state index in [4.69, 9.17) is 23.9 Å². The summed E-state index contributed by atoms with van der Waals surface area (Å²) in [5.41, 5.74) is 3.77. The van der Waals surface area contributed by atoms with Crippen molar-refractivity contribution in [1.29, 1.82) is 0 Å². The van der Waals surface area contributed by atoms with Crippen LogP contribution in [-0.4, -0.2) is 66.0 Å². The lowest BCUT2D eigenvalue weighted by Crippen LogP contribution is -2.32. The number of aromatic nitrogens is 2. The molecule has 0 radical (unpaired) electrons. The van der Waals surface area contributed by atoms with Gasteiger partial charge in [-0.3, -0.25) is 4.98 Å². The maximum Gasteiger partial charge on any atom is 0.341 e. The molecule has 250 valence electrons. The molecule has 8 heteroatoms. The second-order valence-electron chi connectivity index (χ2n) is 11.3. The Bertz CT molecular complexity index is 1620. The van der Waals surface area contributed by atoms with E-state index in [1.165, 1.54) is 0 Å². The van der Waals surface area contributed by atoms with Crippen molar-refractivity contribution in [3.63, 3.8) is 0 Å². The number of pyridine rings is 1. The van der Waals surface area contributed by atoms with E-state index in [0.717, 1.165) is 47.5 Å². The highest BCUT2D eigenvalue weighted by atomic mass is 16.6. The number of hydrogen-bond acceptors (Lipinski definition) is 7. The average Bonchev–Trinajstić information content (AvgIpc) is 3.54. The van der Waals surface area contributed by atoms with Crippen molar-refractivity contribution in [1.82, 2.24) is 14.5 Å². The smallest absolute Gasteiger partial charge is 0.341 e. The average molecular weight is 640 g/mol. The van der Waals surface area contributed by atoms with Gasteiger partial charge >= 0.3 is 5.97 Å². The molecule has 2 unspecified atom stereocenters. The normalized spacial score (nSPS) is 16.9. The van der Waals surface area contributed by atoms with Gasteiger partial charge < -0.3 is 28.4 Å². The predicted molar refractivity (Wildman–Crippen MR) is 188 cm³/mol. The van der Waals surface area contributed by atoms with Crippen molar-refractivity contribution in [3.8, 4) is 0 Å². The number of fused-ring (bicyclic) bond motifs is 2. The molecule has 0 N–H and O–H groups in total. The summed E-state index contributed by atoms with van der Waals surface area (Å²) in [6, 6.07) is 11.8. The van der Waals surface area contributed by atoms with Crippen LogP contribution in [-0.2, 0) is 31.1 Å². The summed E-state index contributed by atoms with van der Waals surface area (Å²) in [6.07, 6.45) is 11.7. The van der Waals surface area contributed by atoms with Crippen LogP contribution in [0.5, 0.6) is 0 Å². The van der Waals surface area contributed by atoms with Gasteiger partial charge in [-0.2, -0.15) is 0 Å². The van der Waals surface area contributed by atoms with Crippen LogP contribution in [0.4, 0.5) is 0 Å². The van der Waals surface area contributed by atoms with Crippen molar-refractivity contribution in [3.05, 3.63) is 127 Å². The molecule has 0 amide bonds. The topological polar surface area (TPSA) is 75.1 Å². The fraction of sp³-hybridized carbons (Fsp3) is 0.385. The lowest BCUT2D eigenvalue weighted by Gasteiger charge is -2.31. The molecule has 3 heterocycles. The zero-order chi connectivity index (χ0) is 33.8. The number of aryl methyl sites for hydroxylation is 1. The van der Waals surface area contributed by atoms with E-state index in [1.54, 1.807) is 30.5 Å². The lowest BCUT2D eigenvalue weighted by molar-refractivity contribution is -0.0412. The second-order valence-corrected chi connectivity index (χ2v) is 11.3. The molecule has 8 nitrogen and oxygen atoms in total. The molecule has 4 rings (SSSR count). The van der Waals surface area contributed by atoms with Crippen LogP contribution in [0.25, 0.3) is 10.9 Å². The largest absolute Gasteiger partial charge is 0.495 e. The minimum absolute atomic E-state index is 0.207. The van der Waals surface area contributed by atoms with Crippen molar-refractivity contribution in [2.45, 2.75) is 58.8 Å². The van der Waals surface area contributed by atoms with E-state index in [9.17, 15) is 4.79 Å². The third-order valence-corrected chi connectivity index (χ3v) is 8.43. The molecule has 2 aromatic heterocycles. The van der Waals surface area contributed by atoms with E-state index in [2.05, 4.69) is 81.2 Å². The van der Waals surface area contributed by atoms with Gasteiger partial charge in [-0.1, -0.05) is 42.5 Å². The van der Waals surface area contributed by atoms with Crippen molar-refractivity contribution >= 4 is 16.9 Å². The minimum Gasteiger partial charge on any atom is -0.495 e. The standard InChI is InChI=1S/C39H49N3O5/c1-8-14-18-30(41(11-4)12-5)25-31(46-28-32(45-24-10-3)27-44-23-9-2)26-39(37-34(38(43)47-39)20-17-22-40-37)36-29(7)42(13-6)35-21-16-15-19-33(35)36/h8-10,15-22,25,32H,1-3,11-14,23-24,26-28H2,4-7H3/b30-18+,31-25+. The minimum atomic E-state index is -1.24. The summed E-state index contributed by atoms with van der Waals surface area (Å²) in [4.78, 5) is 20.7. The molecule has 1 aliphatic rings. The number of benzene rings is 1. The van der Waals surface area contributed by atoms with Crippen LogP contribution in [0.15, 0.2) is 104 Å². The summed E-state index contributed by atoms with van der Waals surface area (Å²) in [5, 5.41) is 1.01. The number of allylic oxidation sites excluding steroid dienone is 3. The fourth-order valence-corrected chi connectivity index (χ4v) is 6.34. The highest BCUT2D eigenvalue weighted by molar-refractivity contribution is 5.97. The van der Waals surface area contributed by atoms with Crippen LogP contribution in [0.1, 0.15) is 60.9 Å². The van der Waals surface area contributed by atoms with E-state index in [-0.39, 0.29) is 19.1 Å². The number of hydrogen-bond donors (Lipinski definition) is 0. The third-order valence-electron chi connectivity index (χ3n) is 8.43. The Morgan fingerprint density at radius 2 is 1.81 bits per heavy atom. The van der Waals surface area contributed by atoms with Crippen LogP contribution in [0, 0.1) is 6.92 Å². The first kappa shape index (κ1) is 35.5. The zero-order valence-electron chi connectivity index (χ0n) is 28.4. The molecular weight excluding hydrogens is 590 g/mol. The molecule has 0 saturated heterocycles. The van der Waals surface area contributed by atoms with Gasteiger partial charge in [-0.05, 0) is 58.4 Å². The Balaban J connectivity index is 1.92. The Kier molecular flexibility index (Phi) is 12.8. The van der Waals surface area contributed by atoms with Gasteiger partial charge in [0.15, 0.2) is 5.60 Å². The van der Waals surface area contributed by atoms with Crippen LogP contribution >= 0.6 is 0 Å². The summed E-state index contributed by atoms with van der Waals surface area (Å²) < 4.78 is 27.3. The van der Waals surface area contributed by atoms with E-state index in [1.807, 2.05) is 18.2 Å². The highest BCUT2D eigenvalue weighted by Crippen LogP contribution is 2.49.